The molecule has 0 saturated heterocycles. The molecule has 1 heterocycles. The van der Waals surface area contributed by atoms with E-state index in [1.165, 1.54) is 7.05 Å². The molecular formula is C17H15N3O3. The van der Waals surface area contributed by atoms with Crippen molar-refractivity contribution in [3.05, 3.63) is 76.2 Å². The summed E-state index contributed by atoms with van der Waals surface area (Å²) >= 11 is 0. The minimum atomic E-state index is -0.493. The number of hydroxylamine groups is 1. The Hall–Kier alpha value is -2.99. The van der Waals surface area contributed by atoms with Crippen molar-refractivity contribution >= 4 is 16.7 Å². The average molecular weight is 309 g/mol. The summed E-state index contributed by atoms with van der Waals surface area (Å²) in [4.78, 5) is 29.6. The van der Waals surface area contributed by atoms with Crippen LogP contribution in [0.2, 0.25) is 0 Å². The standard InChI is InChI=1S/C17H15N3O3/c1-20-17(22)14-10-6-5-9-13(14)15(18-20)16(21)19-23-11-12-7-3-2-4-8-12/h2-10H,11H2,1H3,(H,19,21). The van der Waals surface area contributed by atoms with E-state index >= 15 is 0 Å². The monoisotopic (exact) mass is 309 g/mol. The van der Waals surface area contributed by atoms with E-state index in [1.807, 2.05) is 30.3 Å². The lowest BCUT2D eigenvalue weighted by atomic mass is 10.1. The van der Waals surface area contributed by atoms with E-state index in [2.05, 4.69) is 10.6 Å². The van der Waals surface area contributed by atoms with Crippen LogP contribution in [0, 0.1) is 0 Å². The molecule has 0 saturated carbocycles. The molecule has 116 valence electrons. The van der Waals surface area contributed by atoms with Crippen molar-refractivity contribution in [2.75, 3.05) is 0 Å². The molecule has 1 N–H and O–H groups in total. The largest absolute Gasteiger partial charge is 0.295 e. The highest BCUT2D eigenvalue weighted by atomic mass is 16.6. The summed E-state index contributed by atoms with van der Waals surface area (Å²) in [5, 5.41) is 4.98. The van der Waals surface area contributed by atoms with Crippen molar-refractivity contribution in [3.8, 4) is 0 Å². The molecule has 0 bridgehead atoms. The molecule has 3 rings (SSSR count). The Labute approximate surface area is 132 Å². The number of nitrogens with zero attached hydrogens (tertiary/aromatic N) is 2. The Balaban J connectivity index is 1.81. The van der Waals surface area contributed by atoms with Gasteiger partial charge in [0.15, 0.2) is 5.69 Å². The van der Waals surface area contributed by atoms with E-state index in [0.717, 1.165) is 10.2 Å². The molecule has 0 fully saturated rings. The topological polar surface area (TPSA) is 73.2 Å². The highest BCUT2D eigenvalue weighted by Crippen LogP contribution is 2.12. The molecule has 3 aromatic rings. The number of benzene rings is 2. The Kier molecular flexibility index (Phi) is 4.16. The van der Waals surface area contributed by atoms with E-state index in [0.29, 0.717) is 10.8 Å². The quantitative estimate of drug-likeness (QED) is 0.746. The fraction of sp³-hybridized carbons (Fsp3) is 0.118. The zero-order chi connectivity index (χ0) is 16.2. The maximum Gasteiger partial charge on any atom is 0.295 e. The number of hydrogen-bond acceptors (Lipinski definition) is 4. The molecule has 6 heteroatoms. The highest BCUT2D eigenvalue weighted by molar-refractivity contribution is 6.04. The second-order valence-corrected chi connectivity index (χ2v) is 5.03. The molecule has 0 aliphatic rings. The van der Waals surface area contributed by atoms with Crippen molar-refractivity contribution in [1.82, 2.24) is 15.3 Å². The number of carbonyl (C=O) groups is 1. The lowest BCUT2D eigenvalue weighted by Gasteiger charge is -2.09. The summed E-state index contributed by atoms with van der Waals surface area (Å²) in [5.74, 6) is -0.493. The first-order valence-corrected chi connectivity index (χ1v) is 7.09. The summed E-state index contributed by atoms with van der Waals surface area (Å²) in [6.45, 7) is 0.246. The van der Waals surface area contributed by atoms with Gasteiger partial charge in [-0.05, 0) is 11.6 Å². The van der Waals surface area contributed by atoms with Gasteiger partial charge >= 0.3 is 0 Å². The fourth-order valence-electron chi connectivity index (χ4n) is 2.27. The second-order valence-electron chi connectivity index (χ2n) is 5.03. The Morgan fingerprint density at radius 1 is 1.09 bits per heavy atom. The molecule has 23 heavy (non-hydrogen) atoms. The van der Waals surface area contributed by atoms with Crippen molar-refractivity contribution < 1.29 is 9.63 Å². The summed E-state index contributed by atoms with van der Waals surface area (Å²) in [7, 11) is 1.51. The van der Waals surface area contributed by atoms with Gasteiger partial charge in [-0.15, -0.1) is 0 Å². The molecule has 0 radical (unpaired) electrons. The maximum atomic E-state index is 12.3. The van der Waals surface area contributed by atoms with Gasteiger partial charge in [0.05, 0.1) is 12.0 Å². The number of aryl methyl sites for hydroxylation is 1. The smallest absolute Gasteiger partial charge is 0.269 e. The number of aromatic nitrogens is 2. The third kappa shape index (κ3) is 3.12. The highest BCUT2D eigenvalue weighted by Gasteiger charge is 2.15. The number of fused-ring (bicyclic) bond motifs is 1. The maximum absolute atomic E-state index is 12.3. The first kappa shape index (κ1) is 14.9. The summed E-state index contributed by atoms with van der Waals surface area (Å²) in [6, 6.07) is 16.3. The van der Waals surface area contributed by atoms with Crippen LogP contribution < -0.4 is 11.0 Å². The molecule has 6 nitrogen and oxygen atoms in total. The predicted octanol–water partition coefficient (Wildman–Crippen LogP) is 1.80. The van der Waals surface area contributed by atoms with Gasteiger partial charge in [0.25, 0.3) is 11.5 Å². The van der Waals surface area contributed by atoms with Gasteiger partial charge in [-0.1, -0.05) is 48.5 Å². The minimum absolute atomic E-state index is 0.149. The van der Waals surface area contributed by atoms with Gasteiger partial charge in [-0.25, -0.2) is 10.2 Å². The van der Waals surface area contributed by atoms with Gasteiger partial charge < -0.3 is 0 Å². The molecule has 0 aliphatic heterocycles. The van der Waals surface area contributed by atoms with E-state index in [-0.39, 0.29) is 17.9 Å². The fourth-order valence-corrected chi connectivity index (χ4v) is 2.27. The van der Waals surface area contributed by atoms with Crippen molar-refractivity contribution in [2.24, 2.45) is 7.05 Å². The normalized spacial score (nSPS) is 10.7. The number of carbonyl (C=O) groups excluding carboxylic acids is 1. The van der Waals surface area contributed by atoms with E-state index in [9.17, 15) is 9.59 Å². The van der Waals surface area contributed by atoms with Gasteiger partial charge in [0.1, 0.15) is 0 Å². The number of nitrogens with one attached hydrogen (secondary N) is 1. The van der Waals surface area contributed by atoms with Crippen molar-refractivity contribution in [3.63, 3.8) is 0 Å². The van der Waals surface area contributed by atoms with Crippen molar-refractivity contribution in [1.29, 1.82) is 0 Å². The van der Waals surface area contributed by atoms with Gasteiger partial charge in [-0.3, -0.25) is 14.4 Å². The van der Waals surface area contributed by atoms with Crippen LogP contribution in [0.4, 0.5) is 0 Å². The Morgan fingerprint density at radius 3 is 2.48 bits per heavy atom. The number of hydrogen-bond donors (Lipinski definition) is 1. The molecule has 0 aliphatic carbocycles. The third-order valence-electron chi connectivity index (χ3n) is 3.42. The summed E-state index contributed by atoms with van der Waals surface area (Å²) < 4.78 is 1.15. The van der Waals surface area contributed by atoms with E-state index < -0.39 is 5.91 Å². The van der Waals surface area contributed by atoms with E-state index in [4.69, 9.17) is 4.84 Å². The zero-order valence-electron chi connectivity index (χ0n) is 12.5. The van der Waals surface area contributed by atoms with E-state index in [1.54, 1.807) is 24.3 Å². The minimum Gasteiger partial charge on any atom is -0.269 e. The Morgan fingerprint density at radius 2 is 1.74 bits per heavy atom. The average Bonchev–Trinajstić information content (AvgIpc) is 2.59. The Bertz CT molecular complexity index is 904. The zero-order valence-corrected chi connectivity index (χ0v) is 12.5. The van der Waals surface area contributed by atoms with Gasteiger partial charge in [-0.2, -0.15) is 5.10 Å². The number of amides is 1. The molecule has 0 atom stereocenters. The molecule has 1 aromatic heterocycles. The third-order valence-corrected chi connectivity index (χ3v) is 3.42. The molecule has 0 unspecified atom stereocenters. The SMILES string of the molecule is Cn1nc(C(=O)NOCc2ccccc2)c2ccccc2c1=O. The van der Waals surface area contributed by atoms with Gasteiger partial charge in [0.2, 0.25) is 0 Å². The first-order valence-electron chi connectivity index (χ1n) is 7.09. The van der Waals surface area contributed by atoms with Crippen LogP contribution in [0.1, 0.15) is 16.1 Å². The molecule has 0 spiro atoms. The lowest BCUT2D eigenvalue weighted by Crippen LogP contribution is -2.29. The van der Waals surface area contributed by atoms with Crippen LogP contribution in [-0.4, -0.2) is 15.7 Å². The predicted molar refractivity (Wildman–Crippen MR) is 85.7 cm³/mol. The van der Waals surface area contributed by atoms with Crippen LogP contribution in [0.5, 0.6) is 0 Å². The molecular weight excluding hydrogens is 294 g/mol. The molecule has 1 amide bonds. The van der Waals surface area contributed by atoms with Crippen LogP contribution in [0.15, 0.2) is 59.4 Å². The lowest BCUT2D eigenvalue weighted by molar-refractivity contribution is 0.0229. The van der Waals surface area contributed by atoms with Gasteiger partial charge in [0, 0.05) is 12.4 Å². The van der Waals surface area contributed by atoms with Crippen LogP contribution in [-0.2, 0) is 18.5 Å². The summed E-state index contributed by atoms with van der Waals surface area (Å²) in [5.41, 5.74) is 3.21. The van der Waals surface area contributed by atoms with Crippen LogP contribution in [0.3, 0.4) is 0 Å². The van der Waals surface area contributed by atoms with Crippen LogP contribution in [0.25, 0.3) is 10.8 Å². The van der Waals surface area contributed by atoms with Crippen LogP contribution >= 0.6 is 0 Å². The van der Waals surface area contributed by atoms with Crippen molar-refractivity contribution in [2.45, 2.75) is 6.61 Å². The molecule has 2 aromatic carbocycles. The number of rotatable bonds is 4. The second kappa shape index (κ2) is 6.41. The summed E-state index contributed by atoms with van der Waals surface area (Å²) in [6.07, 6.45) is 0. The first-order chi connectivity index (χ1) is 11.2.